The van der Waals surface area contributed by atoms with Crippen LogP contribution in [0.4, 0.5) is 11.5 Å². The Kier molecular flexibility index (Phi) is 7.94. The SMILES string of the molecule is Cc1ccc(S(=O)(=O)O)cc1.Cc1nc(Nc2ccc(S(=O)(=O)O)cc2)c(C#N)c(C)c1C. The molecule has 0 aliphatic rings. The van der Waals surface area contributed by atoms with E-state index < -0.39 is 20.2 Å². The molecule has 0 radical (unpaired) electrons. The molecule has 0 saturated heterocycles. The normalized spacial score (nSPS) is 11.2. The van der Waals surface area contributed by atoms with Crippen LogP contribution in [-0.4, -0.2) is 30.9 Å². The number of aryl methyl sites for hydroxylation is 2. The summed E-state index contributed by atoms with van der Waals surface area (Å²) in [5.74, 6) is 0.419. The van der Waals surface area contributed by atoms with E-state index in [1.807, 2.05) is 27.7 Å². The Bertz CT molecular complexity index is 1410. The lowest BCUT2D eigenvalue weighted by Crippen LogP contribution is -2.04. The Labute approximate surface area is 193 Å². The first-order chi connectivity index (χ1) is 15.2. The first-order valence-electron chi connectivity index (χ1n) is 9.50. The zero-order chi connectivity index (χ0) is 25.0. The average Bonchev–Trinajstić information content (AvgIpc) is 2.72. The van der Waals surface area contributed by atoms with Crippen molar-refractivity contribution in [2.45, 2.75) is 37.5 Å². The van der Waals surface area contributed by atoms with Gasteiger partial charge in [-0.1, -0.05) is 17.7 Å². The Morgan fingerprint density at radius 3 is 1.67 bits per heavy atom. The molecule has 9 nitrogen and oxygen atoms in total. The van der Waals surface area contributed by atoms with Gasteiger partial charge in [-0.25, -0.2) is 4.98 Å². The van der Waals surface area contributed by atoms with Crippen molar-refractivity contribution in [1.29, 1.82) is 5.26 Å². The number of nitrogens with zero attached hydrogens (tertiary/aromatic N) is 2. The van der Waals surface area contributed by atoms with E-state index in [9.17, 15) is 22.1 Å². The van der Waals surface area contributed by atoms with E-state index in [2.05, 4.69) is 16.4 Å². The molecule has 0 saturated carbocycles. The van der Waals surface area contributed by atoms with Crippen LogP contribution in [0.15, 0.2) is 58.3 Å². The van der Waals surface area contributed by atoms with Gasteiger partial charge in [-0.2, -0.15) is 22.1 Å². The number of nitriles is 1. The molecule has 11 heteroatoms. The lowest BCUT2D eigenvalue weighted by Gasteiger charge is -2.13. The molecule has 0 aliphatic heterocycles. The van der Waals surface area contributed by atoms with Crippen molar-refractivity contribution < 1.29 is 25.9 Å². The van der Waals surface area contributed by atoms with Crippen LogP contribution in [0.3, 0.4) is 0 Å². The predicted molar refractivity (Wildman–Crippen MR) is 124 cm³/mol. The standard InChI is InChI=1S/C15H15N3O3S.C7H8O3S/c1-9-10(2)14(8-16)15(17-11(9)3)18-12-4-6-13(7-5-12)22(19,20)21;1-6-2-4-7(5-3-6)11(8,9)10/h4-7H,1-3H3,(H,17,18)(H,19,20,21);2-5H,1H3,(H,8,9,10). The highest BCUT2D eigenvalue weighted by molar-refractivity contribution is 7.86. The van der Waals surface area contributed by atoms with Crippen LogP contribution >= 0.6 is 0 Å². The van der Waals surface area contributed by atoms with Crippen molar-refractivity contribution in [2.75, 3.05) is 5.32 Å². The van der Waals surface area contributed by atoms with Gasteiger partial charge in [0.2, 0.25) is 0 Å². The average molecular weight is 490 g/mol. The molecule has 2 aromatic carbocycles. The van der Waals surface area contributed by atoms with E-state index in [4.69, 9.17) is 9.11 Å². The highest BCUT2D eigenvalue weighted by atomic mass is 32.2. The molecule has 0 amide bonds. The molecule has 0 unspecified atom stereocenters. The second-order valence-electron chi connectivity index (χ2n) is 7.20. The maximum absolute atomic E-state index is 11.0. The highest BCUT2D eigenvalue weighted by Gasteiger charge is 2.13. The summed E-state index contributed by atoms with van der Waals surface area (Å²) < 4.78 is 60.5. The third kappa shape index (κ3) is 6.84. The van der Waals surface area contributed by atoms with Crippen molar-refractivity contribution >= 4 is 31.7 Å². The second-order valence-corrected chi connectivity index (χ2v) is 10.0. The summed E-state index contributed by atoms with van der Waals surface area (Å²) in [6, 6.07) is 13.7. The third-order valence-electron chi connectivity index (χ3n) is 4.84. The van der Waals surface area contributed by atoms with Crippen LogP contribution in [0.2, 0.25) is 0 Å². The van der Waals surface area contributed by atoms with E-state index >= 15 is 0 Å². The molecule has 0 aliphatic carbocycles. The van der Waals surface area contributed by atoms with Crippen LogP contribution < -0.4 is 5.32 Å². The van der Waals surface area contributed by atoms with E-state index in [-0.39, 0.29) is 9.79 Å². The largest absolute Gasteiger partial charge is 0.339 e. The van der Waals surface area contributed by atoms with Gasteiger partial charge in [0, 0.05) is 11.4 Å². The number of hydrogen-bond donors (Lipinski definition) is 3. The van der Waals surface area contributed by atoms with Crippen molar-refractivity contribution in [3.63, 3.8) is 0 Å². The number of aromatic nitrogens is 1. The van der Waals surface area contributed by atoms with Gasteiger partial charge in [0.05, 0.1) is 15.4 Å². The number of hydrogen-bond acceptors (Lipinski definition) is 7. The van der Waals surface area contributed by atoms with Crippen molar-refractivity contribution in [3.8, 4) is 6.07 Å². The van der Waals surface area contributed by atoms with Crippen LogP contribution in [0.25, 0.3) is 0 Å². The zero-order valence-electron chi connectivity index (χ0n) is 18.4. The quantitative estimate of drug-likeness (QED) is 0.459. The maximum atomic E-state index is 11.0. The third-order valence-corrected chi connectivity index (χ3v) is 6.58. The van der Waals surface area contributed by atoms with Crippen molar-refractivity contribution in [1.82, 2.24) is 4.98 Å². The summed E-state index contributed by atoms with van der Waals surface area (Å²) in [5, 5.41) is 12.3. The molecule has 3 N–H and O–H groups in total. The van der Waals surface area contributed by atoms with E-state index in [1.54, 1.807) is 12.1 Å². The zero-order valence-corrected chi connectivity index (χ0v) is 20.0. The molecular formula is C22H23N3O6S2. The number of benzene rings is 2. The Balaban J connectivity index is 0.000000294. The van der Waals surface area contributed by atoms with E-state index in [0.29, 0.717) is 17.1 Å². The van der Waals surface area contributed by atoms with Gasteiger partial charge < -0.3 is 5.32 Å². The summed E-state index contributed by atoms with van der Waals surface area (Å²) in [6.45, 7) is 7.46. The van der Waals surface area contributed by atoms with Crippen LogP contribution in [0.1, 0.15) is 27.9 Å². The lowest BCUT2D eigenvalue weighted by molar-refractivity contribution is 0.481. The molecule has 3 aromatic rings. The first kappa shape index (κ1) is 26.0. The summed E-state index contributed by atoms with van der Waals surface area (Å²) in [7, 11) is -8.24. The smallest absolute Gasteiger partial charge is 0.294 e. The van der Waals surface area contributed by atoms with Gasteiger partial charge in [0.15, 0.2) is 0 Å². The molecule has 0 atom stereocenters. The van der Waals surface area contributed by atoms with Gasteiger partial charge in [0.25, 0.3) is 20.2 Å². The summed E-state index contributed by atoms with van der Waals surface area (Å²) in [4.78, 5) is 4.11. The fourth-order valence-electron chi connectivity index (χ4n) is 2.73. The van der Waals surface area contributed by atoms with Gasteiger partial charge in [-0.15, -0.1) is 0 Å². The molecular weight excluding hydrogens is 466 g/mol. The summed E-state index contributed by atoms with van der Waals surface area (Å²) >= 11 is 0. The minimum atomic E-state index is -4.22. The first-order valence-corrected chi connectivity index (χ1v) is 12.4. The van der Waals surface area contributed by atoms with Crippen LogP contribution in [0, 0.1) is 39.0 Å². The van der Waals surface area contributed by atoms with Crippen molar-refractivity contribution in [3.05, 3.63) is 76.5 Å². The Hall–Kier alpha value is -3.30. The molecule has 0 fully saturated rings. The van der Waals surface area contributed by atoms with Crippen LogP contribution in [0.5, 0.6) is 0 Å². The summed E-state index contributed by atoms with van der Waals surface area (Å²) in [5.41, 5.74) is 4.60. The molecule has 0 bridgehead atoms. The van der Waals surface area contributed by atoms with Gasteiger partial charge in [-0.05, 0) is 75.2 Å². The fourth-order valence-corrected chi connectivity index (χ4v) is 3.69. The molecule has 174 valence electrons. The minimum Gasteiger partial charge on any atom is -0.339 e. The predicted octanol–water partition coefficient (Wildman–Crippen LogP) is 4.11. The topological polar surface area (TPSA) is 157 Å². The maximum Gasteiger partial charge on any atom is 0.294 e. The Morgan fingerprint density at radius 2 is 1.24 bits per heavy atom. The second kappa shape index (κ2) is 10.1. The van der Waals surface area contributed by atoms with E-state index in [0.717, 1.165) is 22.4 Å². The number of nitrogens with one attached hydrogen (secondary N) is 1. The van der Waals surface area contributed by atoms with Gasteiger partial charge in [0.1, 0.15) is 11.9 Å². The minimum absolute atomic E-state index is 0.0666. The fraction of sp³-hybridized carbons (Fsp3) is 0.182. The molecule has 1 heterocycles. The van der Waals surface area contributed by atoms with Gasteiger partial charge >= 0.3 is 0 Å². The lowest BCUT2D eigenvalue weighted by atomic mass is 10.0. The monoisotopic (exact) mass is 489 g/mol. The Morgan fingerprint density at radius 1 is 0.788 bits per heavy atom. The van der Waals surface area contributed by atoms with Crippen molar-refractivity contribution in [2.24, 2.45) is 0 Å². The van der Waals surface area contributed by atoms with E-state index in [1.165, 1.54) is 36.4 Å². The summed E-state index contributed by atoms with van der Waals surface area (Å²) in [6.07, 6.45) is 0. The number of anilines is 2. The number of rotatable bonds is 4. The van der Waals surface area contributed by atoms with Gasteiger partial charge in [-0.3, -0.25) is 9.11 Å². The van der Waals surface area contributed by atoms with Crippen LogP contribution in [-0.2, 0) is 20.2 Å². The molecule has 3 rings (SSSR count). The molecule has 0 spiro atoms. The number of pyridine rings is 1. The molecule has 1 aromatic heterocycles. The molecule has 33 heavy (non-hydrogen) atoms. The highest BCUT2D eigenvalue weighted by Crippen LogP contribution is 2.25.